The minimum absolute atomic E-state index is 0.0678. The standard InChI is InChI=1S/C14H20N2O3/c1-4-7-15-13(17)10(3)16-11-5-6-12(14(18)19)9(2)8-11/h5-6,8,10,16H,4,7H2,1-3H3,(H,15,17)(H,18,19). The summed E-state index contributed by atoms with van der Waals surface area (Å²) in [5, 5.41) is 14.8. The van der Waals surface area contributed by atoms with Crippen molar-refractivity contribution in [1.82, 2.24) is 5.32 Å². The zero-order valence-electron chi connectivity index (χ0n) is 11.5. The minimum Gasteiger partial charge on any atom is -0.478 e. The van der Waals surface area contributed by atoms with E-state index >= 15 is 0 Å². The highest BCUT2D eigenvalue weighted by Crippen LogP contribution is 2.16. The summed E-state index contributed by atoms with van der Waals surface area (Å²) in [5.41, 5.74) is 1.67. The summed E-state index contributed by atoms with van der Waals surface area (Å²) < 4.78 is 0. The third kappa shape index (κ3) is 4.28. The van der Waals surface area contributed by atoms with E-state index in [4.69, 9.17) is 5.11 Å². The van der Waals surface area contributed by atoms with Crippen LogP contribution in [-0.2, 0) is 4.79 Å². The lowest BCUT2D eigenvalue weighted by Gasteiger charge is -2.15. The number of aromatic carboxylic acids is 1. The van der Waals surface area contributed by atoms with Crippen molar-refractivity contribution in [2.24, 2.45) is 0 Å². The molecular weight excluding hydrogens is 244 g/mol. The van der Waals surface area contributed by atoms with Crippen molar-refractivity contribution in [2.75, 3.05) is 11.9 Å². The number of anilines is 1. The molecule has 0 saturated heterocycles. The molecule has 5 heteroatoms. The maximum Gasteiger partial charge on any atom is 0.335 e. The monoisotopic (exact) mass is 264 g/mol. The van der Waals surface area contributed by atoms with Crippen LogP contribution < -0.4 is 10.6 Å². The molecule has 1 rings (SSSR count). The van der Waals surface area contributed by atoms with E-state index < -0.39 is 5.97 Å². The van der Waals surface area contributed by atoms with Crippen LogP contribution in [-0.4, -0.2) is 29.6 Å². The fraction of sp³-hybridized carbons (Fsp3) is 0.429. The van der Waals surface area contributed by atoms with E-state index in [0.29, 0.717) is 12.1 Å². The lowest BCUT2D eigenvalue weighted by molar-refractivity contribution is -0.121. The van der Waals surface area contributed by atoms with Crippen molar-refractivity contribution in [2.45, 2.75) is 33.2 Å². The maximum atomic E-state index is 11.7. The Labute approximate surface area is 113 Å². The highest BCUT2D eigenvalue weighted by molar-refractivity contribution is 5.90. The highest BCUT2D eigenvalue weighted by atomic mass is 16.4. The van der Waals surface area contributed by atoms with Gasteiger partial charge in [-0.05, 0) is 44.0 Å². The molecule has 0 aromatic heterocycles. The molecule has 0 heterocycles. The number of carbonyl (C=O) groups is 2. The molecule has 0 fully saturated rings. The number of benzene rings is 1. The molecule has 3 N–H and O–H groups in total. The third-order valence-electron chi connectivity index (χ3n) is 2.78. The molecule has 1 amide bonds. The topological polar surface area (TPSA) is 78.4 Å². The van der Waals surface area contributed by atoms with Gasteiger partial charge >= 0.3 is 5.97 Å². The van der Waals surface area contributed by atoms with Crippen molar-refractivity contribution in [3.63, 3.8) is 0 Å². The Balaban J connectivity index is 2.69. The average molecular weight is 264 g/mol. The molecule has 0 saturated carbocycles. The van der Waals surface area contributed by atoms with E-state index in [9.17, 15) is 9.59 Å². The summed E-state index contributed by atoms with van der Waals surface area (Å²) in [6, 6.07) is 4.57. The molecule has 19 heavy (non-hydrogen) atoms. The van der Waals surface area contributed by atoms with Crippen molar-refractivity contribution in [1.29, 1.82) is 0 Å². The lowest BCUT2D eigenvalue weighted by Crippen LogP contribution is -2.37. The number of nitrogens with one attached hydrogen (secondary N) is 2. The number of rotatable bonds is 6. The number of carboxylic acids is 1. The molecule has 0 aliphatic heterocycles. The predicted molar refractivity (Wildman–Crippen MR) is 74.5 cm³/mol. The first-order valence-corrected chi connectivity index (χ1v) is 6.34. The quantitative estimate of drug-likeness (QED) is 0.734. The number of carboxylic acid groups (broad SMARTS) is 1. The molecule has 0 bridgehead atoms. The number of hydrogen-bond donors (Lipinski definition) is 3. The van der Waals surface area contributed by atoms with E-state index in [-0.39, 0.29) is 17.5 Å². The molecule has 1 atom stereocenters. The van der Waals surface area contributed by atoms with Crippen molar-refractivity contribution in [3.05, 3.63) is 29.3 Å². The van der Waals surface area contributed by atoms with Crippen molar-refractivity contribution < 1.29 is 14.7 Å². The molecule has 0 radical (unpaired) electrons. The second-order valence-corrected chi connectivity index (χ2v) is 4.49. The number of amides is 1. The normalized spacial score (nSPS) is 11.7. The smallest absolute Gasteiger partial charge is 0.335 e. The van der Waals surface area contributed by atoms with E-state index in [1.807, 2.05) is 6.92 Å². The first-order chi connectivity index (χ1) is 8.95. The fourth-order valence-electron chi connectivity index (χ4n) is 1.71. The van der Waals surface area contributed by atoms with Crippen LogP contribution in [0.3, 0.4) is 0 Å². The van der Waals surface area contributed by atoms with Gasteiger partial charge in [0.2, 0.25) is 5.91 Å². The molecular formula is C14H20N2O3. The zero-order valence-corrected chi connectivity index (χ0v) is 11.5. The average Bonchev–Trinajstić information content (AvgIpc) is 2.35. The number of carbonyl (C=O) groups excluding carboxylic acids is 1. The molecule has 1 aromatic carbocycles. The number of aryl methyl sites for hydroxylation is 1. The molecule has 1 aromatic rings. The summed E-state index contributed by atoms with van der Waals surface area (Å²) in [6.45, 7) is 6.15. The van der Waals surface area contributed by atoms with Gasteiger partial charge in [-0.25, -0.2) is 4.79 Å². The van der Waals surface area contributed by atoms with Gasteiger partial charge in [0.15, 0.2) is 0 Å². The second-order valence-electron chi connectivity index (χ2n) is 4.49. The number of hydrogen-bond acceptors (Lipinski definition) is 3. The van der Waals surface area contributed by atoms with Crippen LogP contribution in [0.1, 0.15) is 36.2 Å². The van der Waals surface area contributed by atoms with Gasteiger partial charge in [0.1, 0.15) is 6.04 Å². The Kier molecular flexibility index (Phi) is 5.36. The Bertz CT molecular complexity index is 472. The minimum atomic E-state index is -0.946. The van der Waals surface area contributed by atoms with E-state index in [0.717, 1.165) is 12.1 Å². The summed E-state index contributed by atoms with van der Waals surface area (Å²) >= 11 is 0. The van der Waals surface area contributed by atoms with Crippen LogP contribution >= 0.6 is 0 Å². The molecule has 104 valence electrons. The lowest BCUT2D eigenvalue weighted by atomic mass is 10.1. The maximum absolute atomic E-state index is 11.7. The van der Waals surface area contributed by atoms with Crippen LogP contribution in [0.25, 0.3) is 0 Å². The first-order valence-electron chi connectivity index (χ1n) is 6.34. The first kappa shape index (κ1) is 15.0. The Morgan fingerprint density at radius 1 is 1.37 bits per heavy atom. The second kappa shape index (κ2) is 6.78. The van der Waals surface area contributed by atoms with Crippen molar-refractivity contribution in [3.8, 4) is 0 Å². The van der Waals surface area contributed by atoms with Gasteiger partial charge < -0.3 is 15.7 Å². The molecule has 0 spiro atoms. The summed E-state index contributed by atoms with van der Waals surface area (Å²) in [5.74, 6) is -1.01. The van der Waals surface area contributed by atoms with Gasteiger partial charge in [-0.3, -0.25) is 4.79 Å². The predicted octanol–water partition coefficient (Wildman–Crippen LogP) is 2.02. The van der Waals surface area contributed by atoms with Crippen LogP contribution in [0.5, 0.6) is 0 Å². The third-order valence-corrected chi connectivity index (χ3v) is 2.78. The Hall–Kier alpha value is -2.04. The summed E-state index contributed by atoms with van der Waals surface area (Å²) in [7, 11) is 0. The van der Waals surface area contributed by atoms with Crippen LogP contribution in [0.2, 0.25) is 0 Å². The van der Waals surface area contributed by atoms with Gasteiger partial charge in [0, 0.05) is 12.2 Å². The Morgan fingerprint density at radius 3 is 2.58 bits per heavy atom. The highest BCUT2D eigenvalue weighted by Gasteiger charge is 2.13. The van der Waals surface area contributed by atoms with Crippen molar-refractivity contribution >= 4 is 17.6 Å². The molecule has 1 unspecified atom stereocenters. The fourth-order valence-corrected chi connectivity index (χ4v) is 1.71. The van der Waals surface area contributed by atoms with Gasteiger partial charge in [-0.2, -0.15) is 0 Å². The van der Waals surface area contributed by atoms with Gasteiger partial charge in [-0.15, -0.1) is 0 Å². The van der Waals surface area contributed by atoms with Gasteiger partial charge in [0.05, 0.1) is 5.56 Å². The summed E-state index contributed by atoms with van der Waals surface area (Å²) in [4.78, 5) is 22.6. The largest absolute Gasteiger partial charge is 0.478 e. The van der Waals surface area contributed by atoms with E-state index in [2.05, 4.69) is 10.6 Å². The SMILES string of the molecule is CCCNC(=O)C(C)Nc1ccc(C(=O)O)c(C)c1. The molecule has 0 aliphatic rings. The van der Waals surface area contributed by atoms with Gasteiger partial charge in [-0.1, -0.05) is 6.92 Å². The van der Waals surface area contributed by atoms with E-state index in [1.165, 1.54) is 6.07 Å². The van der Waals surface area contributed by atoms with Gasteiger partial charge in [0.25, 0.3) is 0 Å². The molecule has 0 aliphatic carbocycles. The zero-order chi connectivity index (χ0) is 14.4. The molecule has 5 nitrogen and oxygen atoms in total. The van der Waals surface area contributed by atoms with E-state index in [1.54, 1.807) is 26.0 Å². The van der Waals surface area contributed by atoms with Crippen LogP contribution in [0.15, 0.2) is 18.2 Å². The summed E-state index contributed by atoms with van der Waals surface area (Å²) in [6.07, 6.45) is 0.894. The van der Waals surface area contributed by atoms with Crippen LogP contribution in [0.4, 0.5) is 5.69 Å². The Morgan fingerprint density at radius 2 is 2.05 bits per heavy atom. The van der Waals surface area contributed by atoms with Crippen LogP contribution in [0, 0.1) is 6.92 Å².